The Morgan fingerprint density at radius 1 is 1.44 bits per heavy atom. The molecule has 2 unspecified atom stereocenters. The molecular formula is C13H19N3. The van der Waals surface area contributed by atoms with Gasteiger partial charge in [-0.3, -0.25) is 0 Å². The summed E-state index contributed by atoms with van der Waals surface area (Å²) < 4.78 is 0. The number of hydrogen-bond acceptors (Lipinski definition) is 3. The monoisotopic (exact) mass is 217 g/mol. The highest BCUT2D eigenvalue weighted by Gasteiger charge is 2.38. The molecule has 1 saturated heterocycles. The SMILES string of the molecule is Cc1ccc(CN)c(N2CC3CCC2C3)n1. The first-order valence-electron chi connectivity index (χ1n) is 6.21. The molecule has 0 amide bonds. The quantitative estimate of drug-likeness (QED) is 0.822. The Morgan fingerprint density at radius 2 is 2.31 bits per heavy atom. The highest BCUT2D eigenvalue weighted by atomic mass is 15.2. The number of aryl methyl sites for hydroxylation is 1. The van der Waals surface area contributed by atoms with Crippen molar-refractivity contribution in [3.63, 3.8) is 0 Å². The number of nitrogens with zero attached hydrogens (tertiary/aromatic N) is 2. The normalized spacial score (nSPS) is 27.8. The van der Waals surface area contributed by atoms with Crippen molar-refractivity contribution in [3.8, 4) is 0 Å². The second kappa shape index (κ2) is 3.74. The van der Waals surface area contributed by atoms with Crippen molar-refractivity contribution in [2.45, 2.75) is 38.8 Å². The molecule has 86 valence electrons. The number of hydrogen-bond donors (Lipinski definition) is 1. The first-order chi connectivity index (χ1) is 7.78. The lowest BCUT2D eigenvalue weighted by Crippen LogP contribution is -2.33. The van der Waals surface area contributed by atoms with Crippen molar-refractivity contribution < 1.29 is 0 Å². The van der Waals surface area contributed by atoms with E-state index in [9.17, 15) is 0 Å². The van der Waals surface area contributed by atoms with Crippen LogP contribution < -0.4 is 10.6 Å². The van der Waals surface area contributed by atoms with Gasteiger partial charge in [-0.25, -0.2) is 4.98 Å². The summed E-state index contributed by atoms with van der Waals surface area (Å²) in [5.41, 5.74) is 8.09. The van der Waals surface area contributed by atoms with Crippen LogP contribution in [-0.2, 0) is 6.54 Å². The molecule has 2 N–H and O–H groups in total. The Labute approximate surface area is 96.7 Å². The molecule has 3 heteroatoms. The van der Waals surface area contributed by atoms with Gasteiger partial charge in [0.15, 0.2) is 0 Å². The van der Waals surface area contributed by atoms with Crippen molar-refractivity contribution in [2.75, 3.05) is 11.4 Å². The number of anilines is 1. The molecule has 2 aliphatic rings. The van der Waals surface area contributed by atoms with E-state index >= 15 is 0 Å². The minimum absolute atomic E-state index is 0.594. The van der Waals surface area contributed by atoms with E-state index in [4.69, 9.17) is 10.7 Å². The van der Waals surface area contributed by atoms with E-state index in [1.165, 1.54) is 31.4 Å². The number of fused-ring (bicyclic) bond motifs is 2. The van der Waals surface area contributed by atoms with Gasteiger partial charge >= 0.3 is 0 Å². The van der Waals surface area contributed by atoms with Crippen LogP contribution in [0.5, 0.6) is 0 Å². The van der Waals surface area contributed by atoms with E-state index in [0.717, 1.165) is 23.5 Å². The zero-order valence-corrected chi connectivity index (χ0v) is 9.82. The Hall–Kier alpha value is -1.09. The molecule has 0 radical (unpaired) electrons. The van der Waals surface area contributed by atoms with Gasteiger partial charge in [-0.15, -0.1) is 0 Å². The molecule has 0 spiro atoms. The van der Waals surface area contributed by atoms with Gasteiger partial charge < -0.3 is 10.6 Å². The van der Waals surface area contributed by atoms with Gasteiger partial charge in [0.2, 0.25) is 0 Å². The average Bonchev–Trinajstić information content (AvgIpc) is 2.90. The van der Waals surface area contributed by atoms with E-state index in [2.05, 4.69) is 24.0 Å². The Morgan fingerprint density at radius 3 is 2.94 bits per heavy atom. The molecule has 3 rings (SSSR count). The fourth-order valence-electron chi connectivity index (χ4n) is 3.16. The first-order valence-corrected chi connectivity index (χ1v) is 6.21. The van der Waals surface area contributed by atoms with Crippen LogP contribution in [0.4, 0.5) is 5.82 Å². The summed E-state index contributed by atoms with van der Waals surface area (Å²) in [7, 11) is 0. The number of nitrogens with two attached hydrogens (primary N) is 1. The fourth-order valence-corrected chi connectivity index (χ4v) is 3.16. The van der Waals surface area contributed by atoms with Crippen molar-refractivity contribution in [1.82, 2.24) is 4.98 Å². The number of piperidine rings is 1. The van der Waals surface area contributed by atoms with Gasteiger partial charge in [-0.05, 0) is 38.2 Å². The summed E-state index contributed by atoms with van der Waals surface area (Å²) in [5, 5.41) is 0. The molecule has 2 atom stereocenters. The molecule has 2 fully saturated rings. The number of rotatable bonds is 2. The minimum atomic E-state index is 0.594. The van der Waals surface area contributed by atoms with Gasteiger partial charge in [0.05, 0.1) is 0 Å². The topological polar surface area (TPSA) is 42.1 Å². The highest BCUT2D eigenvalue weighted by molar-refractivity contribution is 5.50. The zero-order chi connectivity index (χ0) is 11.1. The third-order valence-corrected chi connectivity index (χ3v) is 4.00. The third-order valence-electron chi connectivity index (χ3n) is 4.00. The lowest BCUT2D eigenvalue weighted by atomic mass is 10.1. The molecule has 1 aromatic rings. The second-order valence-electron chi connectivity index (χ2n) is 5.12. The van der Waals surface area contributed by atoms with Gasteiger partial charge in [-0.1, -0.05) is 6.07 Å². The van der Waals surface area contributed by atoms with E-state index in [1.54, 1.807) is 0 Å². The maximum Gasteiger partial charge on any atom is 0.133 e. The largest absolute Gasteiger partial charge is 0.353 e. The number of pyridine rings is 1. The summed E-state index contributed by atoms with van der Waals surface area (Å²) in [6.07, 6.45) is 4.11. The van der Waals surface area contributed by atoms with E-state index < -0.39 is 0 Å². The minimum Gasteiger partial charge on any atom is -0.353 e. The van der Waals surface area contributed by atoms with Gasteiger partial charge in [0.1, 0.15) is 5.82 Å². The van der Waals surface area contributed by atoms with Crippen molar-refractivity contribution in [1.29, 1.82) is 0 Å². The Bertz CT molecular complexity index is 402. The summed E-state index contributed by atoms with van der Waals surface area (Å²) in [6, 6.07) is 4.91. The standard InChI is InChI=1S/C13H19N3/c1-9-2-4-11(7-14)13(15-9)16-8-10-3-5-12(16)6-10/h2,4,10,12H,3,5-8,14H2,1H3. The average molecular weight is 217 g/mol. The summed E-state index contributed by atoms with van der Waals surface area (Å²) in [6.45, 7) is 3.84. The van der Waals surface area contributed by atoms with Gasteiger partial charge in [0.25, 0.3) is 0 Å². The maximum absolute atomic E-state index is 5.80. The van der Waals surface area contributed by atoms with Gasteiger partial charge in [0, 0.05) is 30.4 Å². The predicted octanol–water partition coefficient (Wildman–Crippen LogP) is 1.84. The van der Waals surface area contributed by atoms with Crippen molar-refractivity contribution >= 4 is 5.82 Å². The van der Waals surface area contributed by atoms with E-state index in [1.807, 2.05) is 0 Å². The van der Waals surface area contributed by atoms with Crippen LogP contribution in [0.25, 0.3) is 0 Å². The van der Waals surface area contributed by atoms with Crippen LogP contribution in [0.3, 0.4) is 0 Å². The number of aromatic nitrogens is 1. The van der Waals surface area contributed by atoms with E-state index in [0.29, 0.717) is 6.54 Å². The lowest BCUT2D eigenvalue weighted by Gasteiger charge is -2.29. The van der Waals surface area contributed by atoms with Crippen molar-refractivity contribution in [2.24, 2.45) is 11.7 Å². The highest BCUT2D eigenvalue weighted by Crippen LogP contribution is 2.40. The van der Waals surface area contributed by atoms with Crippen LogP contribution in [-0.4, -0.2) is 17.6 Å². The smallest absolute Gasteiger partial charge is 0.133 e. The molecule has 3 nitrogen and oxygen atoms in total. The predicted molar refractivity (Wildman–Crippen MR) is 65.3 cm³/mol. The lowest BCUT2D eigenvalue weighted by molar-refractivity contribution is 0.549. The van der Waals surface area contributed by atoms with Crippen LogP contribution in [0.1, 0.15) is 30.5 Å². The van der Waals surface area contributed by atoms with Crippen molar-refractivity contribution in [3.05, 3.63) is 23.4 Å². The molecule has 1 aliphatic carbocycles. The summed E-state index contributed by atoms with van der Waals surface area (Å²) >= 11 is 0. The second-order valence-corrected chi connectivity index (χ2v) is 5.12. The van der Waals surface area contributed by atoms with Gasteiger partial charge in [-0.2, -0.15) is 0 Å². The molecule has 1 saturated carbocycles. The molecular weight excluding hydrogens is 198 g/mol. The van der Waals surface area contributed by atoms with E-state index in [-0.39, 0.29) is 0 Å². The fraction of sp³-hybridized carbons (Fsp3) is 0.615. The Kier molecular flexibility index (Phi) is 2.36. The molecule has 16 heavy (non-hydrogen) atoms. The van der Waals surface area contributed by atoms with Crippen LogP contribution in [0.15, 0.2) is 12.1 Å². The Balaban J connectivity index is 1.96. The third kappa shape index (κ3) is 1.50. The molecule has 1 aromatic heterocycles. The zero-order valence-electron chi connectivity index (χ0n) is 9.82. The first kappa shape index (κ1) is 10.1. The molecule has 1 aliphatic heterocycles. The van der Waals surface area contributed by atoms with Crippen LogP contribution >= 0.6 is 0 Å². The van der Waals surface area contributed by atoms with Crippen LogP contribution in [0, 0.1) is 12.8 Å². The van der Waals surface area contributed by atoms with Crippen LogP contribution in [0.2, 0.25) is 0 Å². The molecule has 2 heterocycles. The molecule has 2 bridgehead atoms. The molecule has 0 aromatic carbocycles. The summed E-state index contributed by atoms with van der Waals surface area (Å²) in [5.74, 6) is 2.05. The maximum atomic E-state index is 5.80. The summed E-state index contributed by atoms with van der Waals surface area (Å²) in [4.78, 5) is 7.18.